The fourth-order valence-electron chi connectivity index (χ4n) is 2.67. The SMILES string of the molecule is CCCCN(CCCC)c1ccccc1Oc1ccc(C(N)=O)cc1. The maximum Gasteiger partial charge on any atom is 0.248 e. The summed E-state index contributed by atoms with van der Waals surface area (Å²) >= 11 is 0. The van der Waals surface area contributed by atoms with Gasteiger partial charge in [-0.3, -0.25) is 4.79 Å². The molecule has 4 heteroatoms. The van der Waals surface area contributed by atoms with Gasteiger partial charge in [0.25, 0.3) is 0 Å². The topological polar surface area (TPSA) is 55.6 Å². The Bertz CT molecular complexity index is 660. The average molecular weight is 340 g/mol. The van der Waals surface area contributed by atoms with E-state index >= 15 is 0 Å². The van der Waals surface area contributed by atoms with E-state index in [-0.39, 0.29) is 0 Å². The van der Waals surface area contributed by atoms with Gasteiger partial charge in [0, 0.05) is 18.7 Å². The second-order valence-electron chi connectivity index (χ2n) is 6.15. The van der Waals surface area contributed by atoms with Crippen molar-refractivity contribution < 1.29 is 9.53 Å². The highest BCUT2D eigenvalue weighted by molar-refractivity contribution is 5.92. The molecule has 134 valence electrons. The molecule has 2 rings (SSSR count). The van der Waals surface area contributed by atoms with Crippen molar-refractivity contribution in [3.8, 4) is 11.5 Å². The smallest absolute Gasteiger partial charge is 0.248 e. The molecule has 0 heterocycles. The quantitative estimate of drug-likeness (QED) is 0.663. The lowest BCUT2D eigenvalue weighted by Gasteiger charge is -2.26. The summed E-state index contributed by atoms with van der Waals surface area (Å²) in [6.07, 6.45) is 4.65. The Hall–Kier alpha value is -2.49. The van der Waals surface area contributed by atoms with Gasteiger partial charge in [-0.05, 0) is 49.2 Å². The molecule has 1 amide bonds. The van der Waals surface area contributed by atoms with E-state index in [4.69, 9.17) is 10.5 Å². The Kier molecular flexibility index (Phi) is 7.33. The standard InChI is InChI=1S/C21H28N2O2/c1-3-5-15-23(16-6-4-2)19-9-7-8-10-20(19)25-18-13-11-17(12-14-18)21(22)24/h7-14H,3-6,15-16H2,1-2H3,(H2,22,24). The van der Waals surface area contributed by atoms with Crippen LogP contribution in [0.1, 0.15) is 49.9 Å². The van der Waals surface area contributed by atoms with Crippen molar-refractivity contribution >= 4 is 11.6 Å². The third-order valence-electron chi connectivity index (χ3n) is 4.14. The highest BCUT2D eigenvalue weighted by atomic mass is 16.5. The van der Waals surface area contributed by atoms with Crippen molar-refractivity contribution in [2.24, 2.45) is 5.73 Å². The molecule has 4 nitrogen and oxygen atoms in total. The first-order chi connectivity index (χ1) is 12.2. The van der Waals surface area contributed by atoms with Crippen molar-refractivity contribution in [3.63, 3.8) is 0 Å². The van der Waals surface area contributed by atoms with Gasteiger partial charge in [0.1, 0.15) is 5.75 Å². The minimum atomic E-state index is -0.433. The fraction of sp³-hybridized carbons (Fsp3) is 0.381. The number of rotatable bonds is 10. The number of ether oxygens (including phenoxy) is 1. The Balaban J connectivity index is 2.21. The monoisotopic (exact) mass is 340 g/mol. The van der Waals surface area contributed by atoms with Crippen LogP contribution < -0.4 is 15.4 Å². The zero-order valence-electron chi connectivity index (χ0n) is 15.2. The Morgan fingerprint density at radius 2 is 1.56 bits per heavy atom. The van der Waals surface area contributed by atoms with E-state index in [1.165, 1.54) is 12.8 Å². The Morgan fingerprint density at radius 3 is 2.12 bits per heavy atom. The van der Waals surface area contributed by atoms with Crippen LogP contribution in [-0.4, -0.2) is 19.0 Å². The van der Waals surface area contributed by atoms with E-state index in [0.29, 0.717) is 11.3 Å². The molecular formula is C21H28N2O2. The first-order valence-corrected chi connectivity index (χ1v) is 9.07. The molecule has 2 aromatic rings. The van der Waals surface area contributed by atoms with Crippen LogP contribution in [0.5, 0.6) is 11.5 Å². The molecular weight excluding hydrogens is 312 g/mol. The minimum absolute atomic E-state index is 0.433. The molecule has 0 atom stereocenters. The lowest BCUT2D eigenvalue weighted by molar-refractivity contribution is 0.100. The van der Waals surface area contributed by atoms with Gasteiger partial charge in [0.05, 0.1) is 5.69 Å². The lowest BCUT2D eigenvalue weighted by atomic mass is 10.2. The van der Waals surface area contributed by atoms with Crippen LogP contribution >= 0.6 is 0 Å². The Labute approximate surface area is 150 Å². The van der Waals surface area contributed by atoms with E-state index in [1.54, 1.807) is 24.3 Å². The van der Waals surface area contributed by atoms with Gasteiger partial charge in [-0.25, -0.2) is 0 Å². The maximum atomic E-state index is 11.2. The van der Waals surface area contributed by atoms with Crippen molar-refractivity contribution in [1.82, 2.24) is 0 Å². The molecule has 0 aliphatic carbocycles. The third-order valence-corrected chi connectivity index (χ3v) is 4.14. The van der Waals surface area contributed by atoms with E-state index < -0.39 is 5.91 Å². The van der Waals surface area contributed by atoms with Crippen molar-refractivity contribution in [2.45, 2.75) is 39.5 Å². The number of carbonyl (C=O) groups excluding carboxylic acids is 1. The van der Waals surface area contributed by atoms with Gasteiger partial charge >= 0.3 is 0 Å². The predicted molar refractivity (Wildman–Crippen MR) is 104 cm³/mol. The van der Waals surface area contributed by atoms with E-state index in [9.17, 15) is 4.79 Å². The summed E-state index contributed by atoms with van der Waals surface area (Å²) < 4.78 is 6.09. The van der Waals surface area contributed by atoms with Crippen LogP contribution in [0, 0.1) is 0 Å². The molecule has 0 saturated carbocycles. The molecule has 0 radical (unpaired) electrons. The van der Waals surface area contributed by atoms with E-state index in [0.717, 1.165) is 37.4 Å². The number of nitrogens with zero attached hydrogens (tertiary/aromatic N) is 1. The molecule has 0 aliphatic heterocycles. The molecule has 0 bridgehead atoms. The third kappa shape index (κ3) is 5.52. The van der Waals surface area contributed by atoms with Crippen molar-refractivity contribution in [3.05, 3.63) is 54.1 Å². The van der Waals surface area contributed by atoms with Crippen LogP contribution in [0.25, 0.3) is 0 Å². The molecule has 2 N–H and O–H groups in total. The van der Waals surface area contributed by atoms with Crippen molar-refractivity contribution in [2.75, 3.05) is 18.0 Å². The number of nitrogens with two attached hydrogens (primary N) is 1. The van der Waals surface area contributed by atoms with E-state index in [1.807, 2.05) is 18.2 Å². The number of para-hydroxylation sites is 2. The molecule has 0 saturated heterocycles. The normalized spacial score (nSPS) is 10.5. The zero-order chi connectivity index (χ0) is 18.1. The number of primary amides is 1. The summed E-state index contributed by atoms with van der Waals surface area (Å²) in [4.78, 5) is 13.6. The summed E-state index contributed by atoms with van der Waals surface area (Å²) in [5.74, 6) is 1.10. The Morgan fingerprint density at radius 1 is 0.960 bits per heavy atom. The first kappa shape index (κ1) is 18.8. The maximum absolute atomic E-state index is 11.2. The predicted octanol–water partition coefficient (Wildman–Crippen LogP) is 4.98. The molecule has 0 spiro atoms. The number of carbonyl (C=O) groups is 1. The minimum Gasteiger partial charge on any atom is -0.455 e. The van der Waals surface area contributed by atoms with E-state index in [2.05, 4.69) is 24.8 Å². The number of benzene rings is 2. The zero-order valence-corrected chi connectivity index (χ0v) is 15.2. The van der Waals surface area contributed by atoms with Gasteiger partial charge in [-0.1, -0.05) is 38.8 Å². The van der Waals surface area contributed by atoms with Crippen LogP contribution in [0.4, 0.5) is 5.69 Å². The lowest BCUT2D eigenvalue weighted by Crippen LogP contribution is -2.25. The van der Waals surface area contributed by atoms with Crippen LogP contribution in [-0.2, 0) is 0 Å². The summed E-state index contributed by atoms with van der Waals surface area (Å²) in [5, 5.41) is 0. The summed E-state index contributed by atoms with van der Waals surface area (Å²) in [6.45, 7) is 6.47. The number of anilines is 1. The molecule has 0 aliphatic rings. The second-order valence-corrected chi connectivity index (χ2v) is 6.15. The van der Waals surface area contributed by atoms with Crippen LogP contribution in [0.15, 0.2) is 48.5 Å². The molecule has 0 aromatic heterocycles. The number of amides is 1. The molecule has 0 fully saturated rings. The second kappa shape index (κ2) is 9.72. The average Bonchev–Trinajstić information content (AvgIpc) is 2.63. The summed E-state index contributed by atoms with van der Waals surface area (Å²) in [5.41, 5.74) is 6.88. The highest BCUT2D eigenvalue weighted by Crippen LogP contribution is 2.32. The van der Waals surface area contributed by atoms with Gasteiger partial charge in [-0.15, -0.1) is 0 Å². The molecule has 2 aromatic carbocycles. The first-order valence-electron chi connectivity index (χ1n) is 9.07. The van der Waals surface area contributed by atoms with Gasteiger partial charge in [0.15, 0.2) is 5.75 Å². The largest absolute Gasteiger partial charge is 0.455 e. The van der Waals surface area contributed by atoms with Gasteiger partial charge in [0.2, 0.25) is 5.91 Å². The van der Waals surface area contributed by atoms with Crippen LogP contribution in [0.2, 0.25) is 0 Å². The summed E-state index contributed by atoms with van der Waals surface area (Å²) in [6, 6.07) is 15.1. The fourth-order valence-corrected chi connectivity index (χ4v) is 2.67. The summed E-state index contributed by atoms with van der Waals surface area (Å²) in [7, 11) is 0. The number of unbranched alkanes of at least 4 members (excludes halogenated alkanes) is 2. The molecule has 0 unspecified atom stereocenters. The number of hydrogen-bond donors (Lipinski definition) is 1. The van der Waals surface area contributed by atoms with Gasteiger partial charge < -0.3 is 15.4 Å². The van der Waals surface area contributed by atoms with Crippen LogP contribution in [0.3, 0.4) is 0 Å². The van der Waals surface area contributed by atoms with Gasteiger partial charge in [-0.2, -0.15) is 0 Å². The molecule has 25 heavy (non-hydrogen) atoms. The van der Waals surface area contributed by atoms with Crippen molar-refractivity contribution in [1.29, 1.82) is 0 Å². The highest BCUT2D eigenvalue weighted by Gasteiger charge is 2.12. The number of hydrogen-bond acceptors (Lipinski definition) is 3.